The largest absolute Gasteiger partial charge is 0.338 e. The lowest BCUT2D eigenvalue weighted by Gasteiger charge is -2.38. The van der Waals surface area contributed by atoms with Crippen LogP contribution >= 0.6 is 11.8 Å². The molecule has 1 aromatic rings. The Hall–Kier alpha value is -0.970. The number of hydrogen-bond acceptors (Lipinski definition) is 5. The molecule has 0 aromatic carbocycles. The summed E-state index contributed by atoms with van der Waals surface area (Å²) in [5.74, 6) is 1.88. The number of thioether (sulfide) groups is 1. The first kappa shape index (κ1) is 14.9. The highest BCUT2D eigenvalue weighted by Crippen LogP contribution is 2.42. The molecule has 3 rings (SSSR count). The van der Waals surface area contributed by atoms with E-state index < -0.39 is 0 Å². The number of aliphatic imine (C=N–C) groups is 1. The van der Waals surface area contributed by atoms with Gasteiger partial charge in [0.25, 0.3) is 0 Å². The van der Waals surface area contributed by atoms with Crippen molar-refractivity contribution >= 4 is 22.8 Å². The van der Waals surface area contributed by atoms with Gasteiger partial charge in [-0.2, -0.15) is 0 Å². The highest BCUT2D eigenvalue weighted by atomic mass is 32.2. The van der Waals surface area contributed by atoms with Crippen LogP contribution in [0.2, 0.25) is 0 Å². The molecule has 1 spiro atoms. The lowest BCUT2D eigenvalue weighted by molar-refractivity contribution is 0.232. The maximum atomic E-state index is 5.38. The first-order chi connectivity index (χ1) is 9.97. The number of amidine groups is 1. The molecular formula is C16H25N3OS. The van der Waals surface area contributed by atoms with Gasteiger partial charge in [-0.25, -0.2) is 0 Å². The second-order valence-electron chi connectivity index (χ2n) is 7.42. The maximum Gasteiger partial charge on any atom is 0.230 e. The minimum atomic E-state index is 0.0110. The summed E-state index contributed by atoms with van der Waals surface area (Å²) in [4.78, 5) is 4.75. The topological polar surface area (TPSA) is 50.4 Å². The Morgan fingerprint density at radius 2 is 2.00 bits per heavy atom. The zero-order valence-corrected chi connectivity index (χ0v) is 14.1. The summed E-state index contributed by atoms with van der Waals surface area (Å²) in [6.07, 6.45) is 6.82. The molecule has 1 aromatic heterocycles. The molecule has 1 aliphatic carbocycles. The molecular weight excluding hydrogens is 282 g/mol. The third-order valence-corrected chi connectivity index (χ3v) is 5.76. The Labute approximate surface area is 131 Å². The van der Waals surface area contributed by atoms with Gasteiger partial charge in [-0.3, -0.25) is 4.99 Å². The number of hydrogen-bond donors (Lipinski definition) is 1. The Kier molecular flexibility index (Phi) is 4.04. The third kappa shape index (κ3) is 3.44. The average molecular weight is 307 g/mol. The number of nitrogens with one attached hydrogen (secondary N) is 1. The summed E-state index contributed by atoms with van der Waals surface area (Å²) in [7, 11) is 0. The van der Waals surface area contributed by atoms with E-state index in [0.717, 1.165) is 17.4 Å². The molecule has 0 unspecified atom stereocenters. The Balaban J connectivity index is 1.63. The molecule has 2 aliphatic rings. The quantitative estimate of drug-likeness (QED) is 0.833. The monoisotopic (exact) mass is 307 g/mol. The van der Waals surface area contributed by atoms with Crippen LogP contribution in [0.4, 0.5) is 5.88 Å². The van der Waals surface area contributed by atoms with Gasteiger partial charge < -0.3 is 9.84 Å². The summed E-state index contributed by atoms with van der Waals surface area (Å²) >= 11 is 1.83. The van der Waals surface area contributed by atoms with E-state index in [9.17, 15) is 0 Å². The van der Waals surface area contributed by atoms with Crippen molar-refractivity contribution in [2.45, 2.75) is 58.3 Å². The first-order valence-electron chi connectivity index (χ1n) is 7.88. The lowest BCUT2D eigenvalue weighted by Crippen LogP contribution is -2.35. The average Bonchev–Trinajstić information content (AvgIpc) is 2.91. The van der Waals surface area contributed by atoms with Gasteiger partial charge in [0, 0.05) is 23.8 Å². The van der Waals surface area contributed by atoms with Crippen molar-refractivity contribution in [1.29, 1.82) is 0 Å². The highest BCUT2D eigenvalue weighted by Gasteiger charge is 2.35. The summed E-state index contributed by atoms with van der Waals surface area (Å²) in [5, 5.41) is 8.39. The Bertz CT molecular complexity index is 524. The second-order valence-corrected chi connectivity index (χ2v) is 8.39. The summed E-state index contributed by atoms with van der Waals surface area (Å²) < 4.78 is 5.38. The van der Waals surface area contributed by atoms with Gasteiger partial charge in [0.15, 0.2) is 5.17 Å². The van der Waals surface area contributed by atoms with Crippen LogP contribution < -0.4 is 5.32 Å². The molecule has 1 saturated carbocycles. The van der Waals surface area contributed by atoms with Crippen molar-refractivity contribution in [2.75, 3.05) is 17.6 Å². The number of aromatic nitrogens is 1. The molecule has 21 heavy (non-hydrogen) atoms. The fourth-order valence-corrected chi connectivity index (χ4v) is 4.18. The molecule has 0 saturated heterocycles. The number of anilines is 1. The molecule has 1 fully saturated rings. The molecule has 1 N–H and O–H groups in total. The first-order valence-corrected chi connectivity index (χ1v) is 8.87. The van der Waals surface area contributed by atoms with Crippen molar-refractivity contribution in [1.82, 2.24) is 5.16 Å². The van der Waals surface area contributed by atoms with Crippen molar-refractivity contribution < 1.29 is 4.52 Å². The zero-order valence-electron chi connectivity index (χ0n) is 13.2. The molecule has 2 heterocycles. The van der Waals surface area contributed by atoms with Gasteiger partial charge >= 0.3 is 0 Å². The van der Waals surface area contributed by atoms with Crippen molar-refractivity contribution in [3.05, 3.63) is 11.8 Å². The van der Waals surface area contributed by atoms with E-state index in [4.69, 9.17) is 9.52 Å². The Morgan fingerprint density at radius 3 is 2.57 bits per heavy atom. The predicted molar refractivity (Wildman–Crippen MR) is 89.1 cm³/mol. The number of nitrogens with zero attached hydrogens (tertiary/aromatic N) is 2. The van der Waals surface area contributed by atoms with E-state index in [0.29, 0.717) is 11.3 Å². The van der Waals surface area contributed by atoms with Crippen LogP contribution in [-0.4, -0.2) is 22.6 Å². The van der Waals surface area contributed by atoms with E-state index in [1.807, 2.05) is 17.8 Å². The van der Waals surface area contributed by atoms with Crippen LogP contribution in [0.1, 0.15) is 58.6 Å². The van der Waals surface area contributed by atoms with Gasteiger partial charge in [0.05, 0.1) is 5.69 Å². The van der Waals surface area contributed by atoms with Crippen LogP contribution in [0.15, 0.2) is 15.6 Å². The van der Waals surface area contributed by atoms with E-state index in [1.165, 1.54) is 37.9 Å². The van der Waals surface area contributed by atoms with Crippen LogP contribution in [0.5, 0.6) is 0 Å². The molecule has 0 radical (unpaired) electrons. The normalized spacial score (nSPS) is 22.1. The Morgan fingerprint density at radius 1 is 1.24 bits per heavy atom. The van der Waals surface area contributed by atoms with E-state index in [2.05, 4.69) is 31.2 Å². The van der Waals surface area contributed by atoms with Gasteiger partial charge in [-0.05, 0) is 18.3 Å². The molecule has 0 atom stereocenters. The summed E-state index contributed by atoms with van der Waals surface area (Å²) in [5.41, 5.74) is 1.44. The maximum absolute atomic E-state index is 5.38. The van der Waals surface area contributed by atoms with Gasteiger partial charge in [0.1, 0.15) is 0 Å². The smallest absolute Gasteiger partial charge is 0.230 e. The van der Waals surface area contributed by atoms with Crippen LogP contribution in [0.25, 0.3) is 0 Å². The minimum Gasteiger partial charge on any atom is -0.338 e. The lowest BCUT2D eigenvalue weighted by atomic mass is 9.75. The molecule has 116 valence electrons. The van der Waals surface area contributed by atoms with Crippen molar-refractivity contribution in [2.24, 2.45) is 10.4 Å². The van der Waals surface area contributed by atoms with Crippen LogP contribution in [0, 0.1) is 5.41 Å². The molecule has 0 bridgehead atoms. The van der Waals surface area contributed by atoms with Crippen LogP contribution in [0.3, 0.4) is 0 Å². The summed E-state index contributed by atoms with van der Waals surface area (Å²) in [6.45, 7) is 7.36. The van der Waals surface area contributed by atoms with E-state index in [-0.39, 0.29) is 5.41 Å². The fourth-order valence-electron chi connectivity index (χ4n) is 3.03. The van der Waals surface area contributed by atoms with E-state index >= 15 is 0 Å². The van der Waals surface area contributed by atoms with Crippen molar-refractivity contribution in [3.8, 4) is 0 Å². The molecule has 5 heteroatoms. The van der Waals surface area contributed by atoms with Crippen LogP contribution in [-0.2, 0) is 5.41 Å². The molecule has 1 aliphatic heterocycles. The minimum absolute atomic E-state index is 0.0110. The molecule has 4 nitrogen and oxygen atoms in total. The molecule has 0 amide bonds. The third-order valence-electron chi connectivity index (χ3n) is 4.50. The standard InChI is InChI=1S/C16H25N3OS/c1-15(2,3)12-9-13(20-19-12)18-14-17-10-16(11-21-14)7-5-4-6-8-16/h9H,4-8,10-11H2,1-3H3,(H,17,18). The highest BCUT2D eigenvalue weighted by molar-refractivity contribution is 8.14. The van der Waals surface area contributed by atoms with Gasteiger partial charge in [-0.1, -0.05) is 57.0 Å². The van der Waals surface area contributed by atoms with Gasteiger partial charge in [0.2, 0.25) is 5.88 Å². The van der Waals surface area contributed by atoms with Crippen molar-refractivity contribution in [3.63, 3.8) is 0 Å². The SMILES string of the molecule is CC(C)(C)c1cc(NC2=NCC3(CCCCC3)CS2)on1. The zero-order chi connectivity index (χ0) is 14.9. The summed E-state index contributed by atoms with van der Waals surface area (Å²) in [6, 6.07) is 1.98. The fraction of sp³-hybridized carbons (Fsp3) is 0.750. The second kappa shape index (κ2) is 5.67. The van der Waals surface area contributed by atoms with Gasteiger partial charge in [-0.15, -0.1) is 0 Å². The van der Waals surface area contributed by atoms with E-state index in [1.54, 1.807) is 0 Å². The predicted octanol–water partition coefficient (Wildman–Crippen LogP) is 4.44. The number of rotatable bonds is 1.